The van der Waals surface area contributed by atoms with E-state index in [-0.39, 0.29) is 11.4 Å². The molecule has 2 aliphatic rings. The minimum Gasteiger partial charge on any atom is -0.492 e. The number of para-hydroxylation sites is 1. The topological polar surface area (TPSA) is 102 Å². The number of aromatic carboxylic acids is 1. The van der Waals surface area contributed by atoms with Crippen LogP contribution >= 0.6 is 0 Å². The van der Waals surface area contributed by atoms with Crippen LogP contribution in [-0.2, 0) is 4.74 Å². The number of carboxylic acid groups (broad SMARTS) is 1. The Morgan fingerprint density at radius 1 is 1.31 bits per heavy atom. The summed E-state index contributed by atoms with van der Waals surface area (Å²) in [5.74, 6) is -0.187. The molecule has 2 aliphatic heterocycles. The average molecular weight is 351 g/mol. The highest BCUT2D eigenvalue weighted by molar-refractivity contribution is 6.04. The predicted octanol–water partition coefficient (Wildman–Crippen LogP) is 1.73. The molecule has 0 unspecified atom stereocenters. The monoisotopic (exact) mass is 351 g/mol. The molecular formula is C18H17N5O3. The van der Waals surface area contributed by atoms with Gasteiger partial charge in [-0.25, -0.2) is 14.8 Å². The fourth-order valence-corrected chi connectivity index (χ4v) is 3.03. The molecule has 0 amide bonds. The van der Waals surface area contributed by atoms with E-state index in [9.17, 15) is 9.90 Å². The van der Waals surface area contributed by atoms with Gasteiger partial charge in [0.15, 0.2) is 5.84 Å². The zero-order valence-electron chi connectivity index (χ0n) is 14.1. The third kappa shape index (κ3) is 2.65. The number of hydrogen-bond acceptors (Lipinski definition) is 6. The zero-order valence-corrected chi connectivity index (χ0v) is 14.1. The molecule has 0 spiro atoms. The quantitative estimate of drug-likeness (QED) is 0.631. The van der Waals surface area contributed by atoms with Crippen molar-refractivity contribution in [1.82, 2.24) is 14.9 Å². The van der Waals surface area contributed by atoms with Crippen molar-refractivity contribution in [2.75, 3.05) is 26.7 Å². The Balaban J connectivity index is 1.66. The lowest BCUT2D eigenvalue weighted by atomic mass is 10.1. The minimum absolute atomic E-state index is 0.0896. The third-order valence-corrected chi connectivity index (χ3v) is 4.46. The van der Waals surface area contributed by atoms with Crippen molar-refractivity contribution >= 4 is 28.9 Å². The van der Waals surface area contributed by atoms with Gasteiger partial charge in [-0.1, -0.05) is 18.2 Å². The molecule has 8 heteroatoms. The summed E-state index contributed by atoms with van der Waals surface area (Å²) in [6.45, 7) is 1.74. The Morgan fingerprint density at radius 3 is 2.96 bits per heavy atom. The second kappa shape index (κ2) is 6.14. The third-order valence-electron chi connectivity index (χ3n) is 4.46. The average Bonchev–Trinajstić information content (AvgIpc) is 2.66. The van der Waals surface area contributed by atoms with Crippen molar-refractivity contribution in [1.29, 1.82) is 5.41 Å². The molecule has 8 nitrogen and oxygen atoms in total. The first kappa shape index (κ1) is 16.1. The second-order valence-corrected chi connectivity index (χ2v) is 6.11. The number of amidine groups is 1. The Hall–Kier alpha value is -3.42. The fourth-order valence-electron chi connectivity index (χ4n) is 3.03. The summed E-state index contributed by atoms with van der Waals surface area (Å²) in [6, 6.07) is 8.45. The maximum atomic E-state index is 11.4. The number of benzene rings is 1. The number of carboxylic acids is 1. The number of nitrogens with zero attached hydrogens (tertiary/aromatic N) is 4. The first-order valence-electron chi connectivity index (χ1n) is 8.15. The van der Waals surface area contributed by atoms with Crippen LogP contribution in [0.4, 0.5) is 0 Å². The van der Waals surface area contributed by atoms with Gasteiger partial charge in [-0.15, -0.1) is 0 Å². The highest BCUT2D eigenvalue weighted by atomic mass is 16.5. The van der Waals surface area contributed by atoms with Crippen molar-refractivity contribution in [2.45, 2.75) is 0 Å². The number of hydrogen-bond donors (Lipinski definition) is 2. The van der Waals surface area contributed by atoms with E-state index >= 15 is 0 Å². The lowest BCUT2D eigenvalue weighted by Gasteiger charge is -2.33. The number of hydrazone groups is 1. The normalized spacial score (nSPS) is 16.5. The van der Waals surface area contributed by atoms with Crippen LogP contribution in [0.15, 0.2) is 46.9 Å². The number of ether oxygens (including phenoxy) is 1. The van der Waals surface area contributed by atoms with E-state index in [0.717, 1.165) is 18.0 Å². The highest BCUT2D eigenvalue weighted by Crippen LogP contribution is 2.22. The maximum absolute atomic E-state index is 11.4. The van der Waals surface area contributed by atoms with Crippen LogP contribution in [0.25, 0.3) is 10.9 Å². The summed E-state index contributed by atoms with van der Waals surface area (Å²) in [6.07, 6.45) is 1.68. The molecule has 0 radical (unpaired) electrons. The van der Waals surface area contributed by atoms with Crippen molar-refractivity contribution in [2.24, 2.45) is 5.10 Å². The number of aromatic nitrogens is 1. The van der Waals surface area contributed by atoms with Crippen molar-refractivity contribution in [3.05, 3.63) is 53.0 Å². The van der Waals surface area contributed by atoms with Gasteiger partial charge in [0.1, 0.15) is 24.6 Å². The van der Waals surface area contributed by atoms with E-state index < -0.39 is 5.97 Å². The Labute approximate surface area is 149 Å². The van der Waals surface area contributed by atoms with Crippen molar-refractivity contribution < 1.29 is 14.6 Å². The van der Waals surface area contributed by atoms with Gasteiger partial charge in [0.25, 0.3) is 0 Å². The molecule has 0 atom stereocenters. The van der Waals surface area contributed by atoms with E-state index in [4.69, 9.17) is 10.1 Å². The van der Waals surface area contributed by atoms with Crippen LogP contribution in [-0.4, -0.2) is 64.8 Å². The van der Waals surface area contributed by atoms with Gasteiger partial charge in [-0.2, -0.15) is 5.10 Å². The van der Waals surface area contributed by atoms with Gasteiger partial charge in [0.2, 0.25) is 0 Å². The number of rotatable bonds is 2. The van der Waals surface area contributed by atoms with E-state index in [2.05, 4.69) is 15.0 Å². The number of pyridine rings is 1. The molecule has 0 saturated carbocycles. The Bertz CT molecular complexity index is 982. The molecule has 1 aromatic carbocycles. The summed E-state index contributed by atoms with van der Waals surface area (Å²) >= 11 is 0. The minimum atomic E-state index is -1.05. The van der Waals surface area contributed by atoms with Crippen LogP contribution in [0.1, 0.15) is 16.1 Å². The number of likely N-dealkylation sites (N-methyl/N-ethyl adjacent to an activating group) is 1. The lowest BCUT2D eigenvalue weighted by Crippen LogP contribution is -2.39. The molecule has 0 aliphatic carbocycles. The molecule has 2 aromatic rings. The van der Waals surface area contributed by atoms with Crippen LogP contribution in [0, 0.1) is 5.41 Å². The van der Waals surface area contributed by atoms with Crippen LogP contribution in [0.3, 0.4) is 0 Å². The molecular weight excluding hydrogens is 334 g/mol. The maximum Gasteiger partial charge on any atom is 0.337 e. The van der Waals surface area contributed by atoms with Gasteiger partial charge in [0, 0.05) is 12.4 Å². The van der Waals surface area contributed by atoms with E-state index in [1.54, 1.807) is 30.5 Å². The van der Waals surface area contributed by atoms with Crippen LogP contribution in [0.5, 0.6) is 0 Å². The van der Waals surface area contributed by atoms with Gasteiger partial charge in [0.05, 0.1) is 29.5 Å². The molecule has 132 valence electrons. The largest absolute Gasteiger partial charge is 0.492 e. The Kier molecular flexibility index (Phi) is 3.80. The molecule has 2 N–H and O–H groups in total. The number of carbonyl (C=O) groups is 1. The summed E-state index contributed by atoms with van der Waals surface area (Å²) < 4.78 is 5.70. The van der Waals surface area contributed by atoms with E-state index in [0.29, 0.717) is 29.7 Å². The molecule has 26 heavy (non-hydrogen) atoms. The lowest BCUT2D eigenvalue weighted by molar-refractivity contribution is 0.0699. The molecule has 3 heterocycles. The molecule has 0 bridgehead atoms. The standard InChI is InChI=1S/C18H17N5O3/c1-22-7-8-26-15-10-23(20-9-14(15)22)17(19)13-6-5-11-3-2-4-12(18(24)25)16(11)21-13/h2-6,9,19H,7-8,10H2,1H3,(H,24,25). The fraction of sp³-hybridized carbons (Fsp3) is 0.222. The van der Waals surface area contributed by atoms with Crippen LogP contribution < -0.4 is 0 Å². The summed E-state index contributed by atoms with van der Waals surface area (Å²) in [5.41, 5.74) is 1.75. The van der Waals surface area contributed by atoms with Gasteiger partial charge in [-0.05, 0) is 12.1 Å². The number of nitrogens with one attached hydrogen (secondary N) is 1. The first-order valence-corrected chi connectivity index (χ1v) is 8.15. The summed E-state index contributed by atoms with van der Waals surface area (Å²) in [5, 5.41) is 24.3. The predicted molar refractivity (Wildman–Crippen MR) is 96.3 cm³/mol. The van der Waals surface area contributed by atoms with Gasteiger partial charge < -0.3 is 14.7 Å². The molecule has 1 aromatic heterocycles. The highest BCUT2D eigenvalue weighted by Gasteiger charge is 2.26. The van der Waals surface area contributed by atoms with Crippen molar-refractivity contribution in [3.63, 3.8) is 0 Å². The molecule has 0 saturated heterocycles. The van der Waals surface area contributed by atoms with Gasteiger partial charge >= 0.3 is 5.97 Å². The van der Waals surface area contributed by atoms with Gasteiger partial charge in [-0.3, -0.25) is 5.41 Å². The smallest absolute Gasteiger partial charge is 0.337 e. The van der Waals surface area contributed by atoms with E-state index in [1.807, 2.05) is 7.05 Å². The number of allylic oxidation sites excluding steroid dienone is 1. The summed E-state index contributed by atoms with van der Waals surface area (Å²) in [7, 11) is 1.98. The molecule has 4 rings (SSSR count). The van der Waals surface area contributed by atoms with E-state index in [1.165, 1.54) is 11.1 Å². The van der Waals surface area contributed by atoms with Crippen LogP contribution in [0.2, 0.25) is 0 Å². The SMILES string of the molecule is CN1CCOC2=C1C=NN(C(=N)c1ccc3cccc(C(=O)O)c3n1)C2. The zero-order chi connectivity index (χ0) is 18.3. The Morgan fingerprint density at radius 2 is 2.15 bits per heavy atom. The first-order chi connectivity index (χ1) is 12.5. The molecule has 0 fully saturated rings. The second-order valence-electron chi connectivity index (χ2n) is 6.11. The summed E-state index contributed by atoms with van der Waals surface area (Å²) in [4.78, 5) is 17.9. The van der Waals surface area contributed by atoms with Crippen molar-refractivity contribution in [3.8, 4) is 0 Å². The number of fused-ring (bicyclic) bond motifs is 1.